The highest BCUT2D eigenvalue weighted by molar-refractivity contribution is 7.80. The molecular formula is C10H13NO2S. The summed E-state index contributed by atoms with van der Waals surface area (Å²) >= 11 is 4.81. The van der Waals surface area contributed by atoms with Gasteiger partial charge in [-0.15, -0.1) is 0 Å². The molecule has 4 heteroatoms. The van der Waals surface area contributed by atoms with Crippen molar-refractivity contribution >= 4 is 17.2 Å². The average molecular weight is 211 g/mol. The lowest BCUT2D eigenvalue weighted by Crippen LogP contribution is -2.13. The largest absolute Gasteiger partial charge is 0.491 e. The van der Waals surface area contributed by atoms with E-state index in [0.717, 1.165) is 5.56 Å². The number of benzene rings is 1. The van der Waals surface area contributed by atoms with Crippen LogP contribution in [0.1, 0.15) is 12.5 Å². The monoisotopic (exact) mass is 211 g/mol. The van der Waals surface area contributed by atoms with Gasteiger partial charge in [0, 0.05) is 5.56 Å². The molecule has 0 bridgehead atoms. The lowest BCUT2D eigenvalue weighted by Gasteiger charge is -2.08. The van der Waals surface area contributed by atoms with Gasteiger partial charge in [0.05, 0.1) is 6.10 Å². The summed E-state index contributed by atoms with van der Waals surface area (Å²) in [5, 5.41) is 8.99. The summed E-state index contributed by atoms with van der Waals surface area (Å²) in [6, 6.07) is 7.13. The molecule has 0 saturated carbocycles. The van der Waals surface area contributed by atoms with Crippen molar-refractivity contribution in [3.8, 4) is 5.75 Å². The molecule has 0 fully saturated rings. The number of nitrogens with two attached hydrogens (primary N) is 1. The topological polar surface area (TPSA) is 55.5 Å². The maximum absolute atomic E-state index is 8.99. The van der Waals surface area contributed by atoms with Crippen LogP contribution < -0.4 is 10.5 Å². The number of hydrogen-bond acceptors (Lipinski definition) is 3. The standard InChI is InChI=1S/C10H13NO2S/c1-7(12)6-13-9-4-2-8(3-5-9)10(11)14/h2-5,7,12H,6H2,1H3,(H2,11,14). The number of aliphatic hydroxyl groups is 1. The minimum atomic E-state index is -0.467. The second kappa shape index (κ2) is 4.93. The van der Waals surface area contributed by atoms with E-state index in [9.17, 15) is 0 Å². The first kappa shape index (κ1) is 10.9. The molecular weight excluding hydrogens is 198 g/mol. The van der Waals surface area contributed by atoms with Crippen molar-refractivity contribution in [3.63, 3.8) is 0 Å². The van der Waals surface area contributed by atoms with Crippen LogP contribution in [0.2, 0.25) is 0 Å². The zero-order valence-corrected chi connectivity index (χ0v) is 8.75. The van der Waals surface area contributed by atoms with Crippen LogP contribution in [0.3, 0.4) is 0 Å². The van der Waals surface area contributed by atoms with Crippen LogP contribution in [0.15, 0.2) is 24.3 Å². The molecule has 0 saturated heterocycles. The van der Waals surface area contributed by atoms with Crippen LogP contribution in [-0.4, -0.2) is 22.8 Å². The van der Waals surface area contributed by atoms with Gasteiger partial charge < -0.3 is 15.6 Å². The highest BCUT2D eigenvalue weighted by Gasteiger charge is 1.99. The lowest BCUT2D eigenvalue weighted by atomic mass is 10.2. The molecule has 0 heterocycles. The summed E-state index contributed by atoms with van der Waals surface area (Å²) in [7, 11) is 0. The molecule has 1 aromatic carbocycles. The predicted octanol–water partition coefficient (Wildman–Crippen LogP) is 1.08. The van der Waals surface area contributed by atoms with E-state index in [0.29, 0.717) is 10.7 Å². The smallest absolute Gasteiger partial charge is 0.119 e. The third-order valence-corrected chi connectivity index (χ3v) is 1.87. The average Bonchev–Trinajstić information content (AvgIpc) is 2.15. The maximum atomic E-state index is 8.99. The third-order valence-electron chi connectivity index (χ3n) is 1.63. The van der Waals surface area contributed by atoms with Crippen LogP contribution in [-0.2, 0) is 0 Å². The fraction of sp³-hybridized carbons (Fsp3) is 0.300. The van der Waals surface area contributed by atoms with Crippen molar-refractivity contribution in [2.45, 2.75) is 13.0 Å². The molecule has 14 heavy (non-hydrogen) atoms. The SMILES string of the molecule is CC(O)COc1ccc(C(N)=S)cc1. The summed E-state index contributed by atoms with van der Waals surface area (Å²) in [4.78, 5) is 0.368. The number of hydrogen-bond donors (Lipinski definition) is 2. The van der Waals surface area contributed by atoms with E-state index in [1.54, 1.807) is 31.2 Å². The number of rotatable bonds is 4. The summed E-state index contributed by atoms with van der Waals surface area (Å²) < 4.78 is 5.27. The minimum absolute atomic E-state index is 0.284. The number of thiocarbonyl (C=S) groups is 1. The molecule has 1 atom stereocenters. The first-order valence-electron chi connectivity index (χ1n) is 4.30. The van der Waals surface area contributed by atoms with Crippen molar-refractivity contribution in [1.29, 1.82) is 0 Å². The van der Waals surface area contributed by atoms with E-state index in [2.05, 4.69) is 0 Å². The molecule has 1 rings (SSSR count). The molecule has 3 nitrogen and oxygen atoms in total. The highest BCUT2D eigenvalue weighted by Crippen LogP contribution is 2.12. The van der Waals surface area contributed by atoms with Crippen LogP contribution >= 0.6 is 12.2 Å². The Bertz CT molecular complexity index is 308. The molecule has 0 aliphatic rings. The van der Waals surface area contributed by atoms with Gasteiger partial charge in [-0.1, -0.05) is 12.2 Å². The Hall–Kier alpha value is -1.13. The van der Waals surface area contributed by atoms with E-state index in [-0.39, 0.29) is 6.61 Å². The van der Waals surface area contributed by atoms with Gasteiger partial charge in [0.1, 0.15) is 17.3 Å². The van der Waals surface area contributed by atoms with E-state index >= 15 is 0 Å². The molecule has 76 valence electrons. The molecule has 0 aliphatic heterocycles. The van der Waals surface area contributed by atoms with Gasteiger partial charge in [-0.2, -0.15) is 0 Å². The van der Waals surface area contributed by atoms with Crippen molar-refractivity contribution in [2.75, 3.05) is 6.61 Å². The van der Waals surface area contributed by atoms with Crippen molar-refractivity contribution in [3.05, 3.63) is 29.8 Å². The van der Waals surface area contributed by atoms with Crippen molar-refractivity contribution < 1.29 is 9.84 Å². The fourth-order valence-electron chi connectivity index (χ4n) is 0.932. The molecule has 1 unspecified atom stereocenters. The summed E-state index contributed by atoms with van der Waals surface area (Å²) in [6.45, 7) is 1.95. The summed E-state index contributed by atoms with van der Waals surface area (Å²) in [6.07, 6.45) is -0.467. The molecule has 0 spiro atoms. The number of ether oxygens (including phenoxy) is 1. The van der Waals surface area contributed by atoms with E-state index < -0.39 is 6.10 Å². The Kier molecular flexibility index (Phi) is 3.85. The van der Waals surface area contributed by atoms with Gasteiger partial charge in [-0.3, -0.25) is 0 Å². The zero-order chi connectivity index (χ0) is 10.6. The van der Waals surface area contributed by atoms with Gasteiger partial charge in [0.15, 0.2) is 0 Å². The van der Waals surface area contributed by atoms with Crippen molar-refractivity contribution in [2.24, 2.45) is 5.73 Å². The second-order valence-corrected chi connectivity index (χ2v) is 3.49. The Morgan fingerprint density at radius 3 is 2.50 bits per heavy atom. The van der Waals surface area contributed by atoms with E-state index in [4.69, 9.17) is 27.8 Å². The Balaban J connectivity index is 2.60. The van der Waals surface area contributed by atoms with Crippen LogP contribution in [0, 0.1) is 0 Å². The fourth-order valence-corrected chi connectivity index (χ4v) is 1.07. The lowest BCUT2D eigenvalue weighted by molar-refractivity contribution is 0.123. The van der Waals surface area contributed by atoms with Gasteiger partial charge >= 0.3 is 0 Å². The molecule has 1 aromatic rings. The van der Waals surface area contributed by atoms with Crippen LogP contribution in [0.25, 0.3) is 0 Å². The van der Waals surface area contributed by atoms with Gasteiger partial charge in [-0.25, -0.2) is 0 Å². The van der Waals surface area contributed by atoms with Crippen LogP contribution in [0.4, 0.5) is 0 Å². The molecule has 0 amide bonds. The Morgan fingerprint density at radius 1 is 1.50 bits per heavy atom. The predicted molar refractivity (Wildman–Crippen MR) is 59.5 cm³/mol. The normalized spacial score (nSPS) is 12.1. The van der Waals surface area contributed by atoms with E-state index in [1.807, 2.05) is 0 Å². The number of aliphatic hydroxyl groups excluding tert-OH is 1. The second-order valence-electron chi connectivity index (χ2n) is 3.05. The molecule has 0 radical (unpaired) electrons. The molecule has 0 aliphatic carbocycles. The zero-order valence-electron chi connectivity index (χ0n) is 7.93. The van der Waals surface area contributed by atoms with Gasteiger partial charge in [-0.05, 0) is 31.2 Å². The van der Waals surface area contributed by atoms with Gasteiger partial charge in [0.2, 0.25) is 0 Å². The quantitative estimate of drug-likeness (QED) is 0.732. The Labute approximate surface area is 88.5 Å². The molecule has 3 N–H and O–H groups in total. The molecule has 0 aromatic heterocycles. The summed E-state index contributed by atoms with van der Waals surface area (Å²) in [5.41, 5.74) is 6.25. The van der Waals surface area contributed by atoms with Crippen LogP contribution in [0.5, 0.6) is 5.75 Å². The Morgan fingerprint density at radius 2 is 2.07 bits per heavy atom. The highest BCUT2D eigenvalue weighted by atomic mass is 32.1. The first-order chi connectivity index (χ1) is 6.59. The minimum Gasteiger partial charge on any atom is -0.491 e. The maximum Gasteiger partial charge on any atom is 0.119 e. The van der Waals surface area contributed by atoms with E-state index in [1.165, 1.54) is 0 Å². The summed E-state index contributed by atoms with van der Waals surface area (Å²) in [5.74, 6) is 0.700. The third kappa shape index (κ3) is 3.32. The van der Waals surface area contributed by atoms with Gasteiger partial charge in [0.25, 0.3) is 0 Å². The van der Waals surface area contributed by atoms with Crippen molar-refractivity contribution in [1.82, 2.24) is 0 Å². The first-order valence-corrected chi connectivity index (χ1v) is 4.71.